The number of ether oxygens (including phenoxy) is 1. The normalized spacial score (nSPS) is 16.9. The fraction of sp³-hybridized carbons (Fsp3) is 0.118. The van der Waals surface area contributed by atoms with Crippen LogP contribution < -0.4 is 15.8 Å². The quantitative estimate of drug-likeness (QED) is 0.853. The van der Waals surface area contributed by atoms with Crippen LogP contribution in [0.1, 0.15) is 6.42 Å². The van der Waals surface area contributed by atoms with E-state index < -0.39 is 5.25 Å². The number of benzene rings is 2. The molecule has 3 N–H and O–H groups in total. The van der Waals surface area contributed by atoms with Crippen molar-refractivity contribution in [2.24, 2.45) is 10.7 Å². The molecule has 128 valence electrons. The van der Waals surface area contributed by atoms with E-state index >= 15 is 0 Å². The number of carbonyl (C=O) groups excluding carboxylic acids is 2. The molecule has 1 aliphatic rings. The molecule has 1 heterocycles. The van der Waals surface area contributed by atoms with Crippen LogP contribution in [0.5, 0.6) is 11.5 Å². The number of rotatable bonds is 4. The number of nitrogens with two attached hydrogens (primary N) is 1. The molecule has 0 radical (unpaired) electrons. The number of carbonyl (C=O) groups is 2. The molecule has 6 nitrogen and oxygen atoms in total. The summed E-state index contributed by atoms with van der Waals surface area (Å²) in [4.78, 5) is 27.2. The maximum Gasteiger partial charge on any atom is 0.249 e. The minimum absolute atomic E-state index is 0.0367. The highest BCUT2D eigenvalue weighted by Crippen LogP contribution is 2.26. The lowest BCUT2D eigenvalue weighted by Gasteiger charge is -2.17. The van der Waals surface area contributed by atoms with Crippen LogP contribution in [0.3, 0.4) is 0 Å². The van der Waals surface area contributed by atoms with Crippen molar-refractivity contribution in [1.82, 2.24) is 0 Å². The van der Waals surface area contributed by atoms with Crippen molar-refractivity contribution in [3.8, 4) is 11.5 Å². The highest BCUT2D eigenvalue weighted by Gasteiger charge is 2.27. The van der Waals surface area contributed by atoms with E-state index in [4.69, 9.17) is 22.1 Å². The van der Waals surface area contributed by atoms with Crippen LogP contribution >= 0.6 is 23.4 Å². The van der Waals surface area contributed by atoms with Crippen LogP contribution in [-0.2, 0) is 9.59 Å². The lowest BCUT2D eigenvalue weighted by atomic mass is 10.2. The van der Waals surface area contributed by atoms with Gasteiger partial charge in [-0.05, 0) is 48.5 Å². The molecular formula is C17H14ClN3O3S. The molecule has 0 aliphatic carbocycles. The Labute approximate surface area is 153 Å². The Balaban J connectivity index is 1.60. The number of nitrogens with zero attached hydrogens (tertiary/aromatic N) is 1. The Morgan fingerprint density at radius 3 is 2.36 bits per heavy atom. The molecule has 2 amide bonds. The van der Waals surface area contributed by atoms with Gasteiger partial charge in [0.1, 0.15) is 16.7 Å². The van der Waals surface area contributed by atoms with Crippen LogP contribution in [0.2, 0.25) is 5.02 Å². The number of anilines is 1. The van der Waals surface area contributed by atoms with Gasteiger partial charge in [-0.3, -0.25) is 9.59 Å². The fourth-order valence-corrected chi connectivity index (χ4v) is 3.12. The number of amides is 2. The average molecular weight is 376 g/mol. The third-order valence-corrected chi connectivity index (χ3v) is 4.57. The second kappa shape index (κ2) is 7.58. The first-order valence-corrected chi connectivity index (χ1v) is 8.63. The first-order chi connectivity index (χ1) is 12.0. The van der Waals surface area contributed by atoms with Gasteiger partial charge in [0.25, 0.3) is 0 Å². The molecule has 2 aromatic rings. The first-order valence-electron chi connectivity index (χ1n) is 7.37. The Kier molecular flexibility index (Phi) is 5.25. The van der Waals surface area contributed by atoms with Crippen molar-refractivity contribution in [3.63, 3.8) is 0 Å². The van der Waals surface area contributed by atoms with Crippen molar-refractivity contribution in [2.45, 2.75) is 11.7 Å². The molecule has 0 spiro atoms. The van der Waals surface area contributed by atoms with Crippen molar-refractivity contribution in [1.29, 1.82) is 0 Å². The molecule has 8 heteroatoms. The summed E-state index contributed by atoms with van der Waals surface area (Å²) in [6, 6.07) is 13.9. The van der Waals surface area contributed by atoms with Crippen LogP contribution in [0.4, 0.5) is 5.69 Å². The van der Waals surface area contributed by atoms with Crippen LogP contribution in [0, 0.1) is 0 Å². The summed E-state index contributed by atoms with van der Waals surface area (Å²) in [6.45, 7) is 0. The highest BCUT2D eigenvalue weighted by atomic mass is 35.5. The van der Waals surface area contributed by atoms with Gasteiger partial charge in [-0.1, -0.05) is 23.4 Å². The van der Waals surface area contributed by atoms with E-state index in [-0.39, 0.29) is 23.4 Å². The van der Waals surface area contributed by atoms with Crippen molar-refractivity contribution in [3.05, 3.63) is 53.6 Å². The Hall–Kier alpha value is -2.51. The maximum absolute atomic E-state index is 12.2. The third-order valence-electron chi connectivity index (χ3n) is 3.32. The fourth-order valence-electron chi connectivity index (χ4n) is 2.15. The van der Waals surface area contributed by atoms with Gasteiger partial charge >= 0.3 is 0 Å². The standard InChI is InChI=1S/C17H14ClN3O3S/c18-10-1-5-12(6-2-10)24-13-7-3-11(4-8-13)20-16(23)14-9-15(22)21-17(19)25-14/h1-8,14H,9H2,(H,20,23)(H2,19,21,22). The molecule has 2 aromatic carbocycles. The van der Waals surface area contributed by atoms with Crippen LogP contribution in [0.25, 0.3) is 0 Å². The Bertz CT molecular complexity index is 822. The zero-order valence-corrected chi connectivity index (χ0v) is 14.5. The monoisotopic (exact) mass is 375 g/mol. The van der Waals surface area contributed by atoms with E-state index in [0.717, 1.165) is 11.8 Å². The lowest BCUT2D eigenvalue weighted by molar-refractivity contribution is -0.121. The van der Waals surface area contributed by atoms with Crippen molar-refractivity contribution < 1.29 is 14.3 Å². The number of thioether (sulfide) groups is 1. The van der Waals surface area contributed by atoms with Crippen LogP contribution in [-0.4, -0.2) is 22.2 Å². The molecular weight excluding hydrogens is 362 g/mol. The molecule has 25 heavy (non-hydrogen) atoms. The summed E-state index contributed by atoms with van der Waals surface area (Å²) in [5.74, 6) is 0.609. The summed E-state index contributed by atoms with van der Waals surface area (Å²) < 4.78 is 5.69. The molecule has 1 atom stereocenters. The summed E-state index contributed by atoms with van der Waals surface area (Å²) in [6.07, 6.45) is 0.0367. The number of halogens is 1. The van der Waals surface area contributed by atoms with Gasteiger partial charge in [0.05, 0.1) is 6.42 Å². The minimum Gasteiger partial charge on any atom is -0.457 e. The van der Waals surface area contributed by atoms with Gasteiger partial charge in [-0.2, -0.15) is 4.99 Å². The average Bonchev–Trinajstić information content (AvgIpc) is 2.58. The second-order valence-corrected chi connectivity index (χ2v) is 6.88. The zero-order chi connectivity index (χ0) is 17.8. The molecule has 0 fully saturated rings. The smallest absolute Gasteiger partial charge is 0.249 e. The first kappa shape index (κ1) is 17.3. The maximum atomic E-state index is 12.2. The summed E-state index contributed by atoms with van der Waals surface area (Å²) in [5, 5.41) is 2.93. The van der Waals surface area contributed by atoms with Gasteiger partial charge in [0.2, 0.25) is 11.8 Å². The summed E-state index contributed by atoms with van der Waals surface area (Å²) in [5.41, 5.74) is 6.14. The molecule has 1 unspecified atom stereocenters. The number of amidine groups is 1. The molecule has 0 bridgehead atoms. The highest BCUT2D eigenvalue weighted by molar-refractivity contribution is 8.15. The molecule has 0 saturated carbocycles. The van der Waals surface area contributed by atoms with E-state index in [1.807, 2.05) is 0 Å². The minimum atomic E-state index is -0.574. The summed E-state index contributed by atoms with van der Waals surface area (Å²) >= 11 is 6.92. The molecule has 0 saturated heterocycles. The number of hydrogen-bond acceptors (Lipinski definition) is 5. The number of nitrogens with one attached hydrogen (secondary N) is 1. The lowest BCUT2D eigenvalue weighted by Crippen LogP contribution is -2.33. The zero-order valence-electron chi connectivity index (χ0n) is 12.9. The summed E-state index contributed by atoms with van der Waals surface area (Å²) in [7, 11) is 0. The Morgan fingerprint density at radius 2 is 1.76 bits per heavy atom. The van der Waals surface area contributed by atoms with Crippen molar-refractivity contribution >= 4 is 46.0 Å². The van der Waals surface area contributed by atoms with Gasteiger partial charge in [-0.15, -0.1) is 0 Å². The molecule has 1 aliphatic heterocycles. The van der Waals surface area contributed by atoms with E-state index in [9.17, 15) is 9.59 Å². The van der Waals surface area contributed by atoms with Gasteiger partial charge in [-0.25, -0.2) is 0 Å². The van der Waals surface area contributed by atoms with Crippen LogP contribution in [0.15, 0.2) is 53.5 Å². The van der Waals surface area contributed by atoms with Gasteiger partial charge in [0, 0.05) is 10.7 Å². The van der Waals surface area contributed by atoms with E-state index in [1.54, 1.807) is 48.5 Å². The largest absolute Gasteiger partial charge is 0.457 e. The van der Waals surface area contributed by atoms with E-state index in [1.165, 1.54) is 0 Å². The van der Waals surface area contributed by atoms with Gasteiger partial charge < -0.3 is 15.8 Å². The van der Waals surface area contributed by atoms with E-state index in [2.05, 4.69) is 10.3 Å². The number of aliphatic imine (C=N–C) groups is 1. The third kappa shape index (κ3) is 4.74. The SMILES string of the molecule is NC1=NC(=O)CC(C(=O)Nc2ccc(Oc3ccc(Cl)cc3)cc2)S1. The number of hydrogen-bond donors (Lipinski definition) is 2. The topological polar surface area (TPSA) is 93.8 Å². The van der Waals surface area contributed by atoms with E-state index in [0.29, 0.717) is 22.2 Å². The molecule has 0 aromatic heterocycles. The molecule has 3 rings (SSSR count). The second-order valence-electron chi connectivity index (χ2n) is 5.22. The van der Waals surface area contributed by atoms with Gasteiger partial charge in [0.15, 0.2) is 5.17 Å². The Morgan fingerprint density at radius 1 is 1.16 bits per heavy atom. The predicted octanol–water partition coefficient (Wildman–Crippen LogP) is 3.42. The predicted molar refractivity (Wildman–Crippen MR) is 99.2 cm³/mol. The van der Waals surface area contributed by atoms with Crippen molar-refractivity contribution in [2.75, 3.05) is 5.32 Å².